The topological polar surface area (TPSA) is 0 Å². The third-order valence-electron chi connectivity index (χ3n) is 1.50. The van der Waals surface area contributed by atoms with Crippen LogP contribution in [0.3, 0.4) is 0 Å². The van der Waals surface area contributed by atoms with Crippen LogP contribution in [0.1, 0.15) is 26.7 Å². The minimum atomic E-state index is -0.976. The van der Waals surface area contributed by atoms with E-state index in [1.807, 2.05) is 0 Å². The maximum absolute atomic E-state index is 2.37. The van der Waals surface area contributed by atoms with Crippen molar-refractivity contribution in [2.24, 2.45) is 0 Å². The van der Waals surface area contributed by atoms with Gasteiger partial charge in [0.2, 0.25) is 0 Å². The predicted octanol–water partition coefficient (Wildman–Crippen LogP) is 4.06. The Morgan fingerprint density at radius 2 is 2.15 bits per heavy atom. The SMILES string of the molecule is CCC[S][Sb]([S]CC)[S]C1CCS1. The van der Waals surface area contributed by atoms with Crippen molar-refractivity contribution in [3.8, 4) is 0 Å². The zero-order valence-electron chi connectivity index (χ0n) is 8.19. The van der Waals surface area contributed by atoms with E-state index in [1.54, 1.807) is 0 Å². The fourth-order valence-corrected chi connectivity index (χ4v) is 32.8. The molecule has 0 aromatic carbocycles. The molecule has 1 rings (SSSR count). The van der Waals surface area contributed by atoms with Crippen LogP contribution in [0.2, 0.25) is 0 Å². The van der Waals surface area contributed by atoms with E-state index in [0.717, 1.165) is 4.58 Å². The summed E-state index contributed by atoms with van der Waals surface area (Å²) in [6.45, 7) is 4.61. The second-order valence-corrected chi connectivity index (χ2v) is 26.1. The van der Waals surface area contributed by atoms with Crippen LogP contribution in [0, 0.1) is 0 Å². The van der Waals surface area contributed by atoms with Crippen molar-refractivity contribution in [2.75, 3.05) is 17.3 Å². The molecular formula is C8H17S4Sb. The molecule has 0 N–H and O–H groups in total. The summed E-state index contributed by atoms with van der Waals surface area (Å²) in [5.74, 6) is 4.16. The molecule has 1 unspecified atom stereocenters. The normalized spacial score (nSPS) is 21.9. The van der Waals surface area contributed by atoms with E-state index in [2.05, 4.69) is 52.2 Å². The van der Waals surface area contributed by atoms with Crippen molar-refractivity contribution >= 4 is 54.3 Å². The maximum atomic E-state index is 2.37. The van der Waals surface area contributed by atoms with E-state index in [9.17, 15) is 0 Å². The Balaban J connectivity index is 2.11. The van der Waals surface area contributed by atoms with Gasteiger partial charge in [0.25, 0.3) is 0 Å². The summed E-state index contributed by atoms with van der Waals surface area (Å²) in [6.07, 6.45) is 2.83. The van der Waals surface area contributed by atoms with Crippen LogP contribution in [0.25, 0.3) is 0 Å². The summed E-state index contributed by atoms with van der Waals surface area (Å²) in [7, 11) is 6.98. The molecule has 13 heavy (non-hydrogen) atoms. The van der Waals surface area contributed by atoms with Gasteiger partial charge in [0.05, 0.1) is 0 Å². The molecule has 0 spiro atoms. The molecule has 1 fully saturated rings. The predicted molar refractivity (Wildman–Crippen MR) is 75.1 cm³/mol. The second kappa shape index (κ2) is 8.38. The molecule has 1 heterocycles. The summed E-state index contributed by atoms with van der Waals surface area (Å²) in [4.78, 5) is 0. The molecule has 1 atom stereocenters. The first-order chi connectivity index (χ1) is 6.36. The molecule has 0 bridgehead atoms. The minimum absolute atomic E-state index is 0.976. The van der Waals surface area contributed by atoms with Crippen molar-refractivity contribution in [3.05, 3.63) is 0 Å². The molecule has 0 amide bonds. The van der Waals surface area contributed by atoms with Gasteiger partial charge in [0, 0.05) is 0 Å². The Morgan fingerprint density at radius 3 is 2.62 bits per heavy atom. The van der Waals surface area contributed by atoms with Crippen LogP contribution in [0.5, 0.6) is 0 Å². The zero-order valence-corrected chi connectivity index (χ0v) is 14.0. The van der Waals surface area contributed by atoms with Crippen molar-refractivity contribution in [1.82, 2.24) is 0 Å². The average molecular weight is 363 g/mol. The van der Waals surface area contributed by atoms with Crippen LogP contribution in [-0.2, 0) is 0 Å². The van der Waals surface area contributed by atoms with Gasteiger partial charge in [-0.25, -0.2) is 0 Å². The molecule has 0 aromatic heterocycles. The molecule has 1 saturated heterocycles. The molecule has 1 aliphatic rings. The molecule has 0 aromatic rings. The quantitative estimate of drug-likeness (QED) is 0.626. The van der Waals surface area contributed by atoms with Crippen molar-refractivity contribution in [2.45, 2.75) is 31.3 Å². The van der Waals surface area contributed by atoms with Crippen LogP contribution in [0.15, 0.2) is 0 Å². The molecule has 78 valence electrons. The average Bonchev–Trinajstić information content (AvgIpc) is 2.07. The van der Waals surface area contributed by atoms with Gasteiger partial charge >= 0.3 is 103 Å². The van der Waals surface area contributed by atoms with E-state index < -0.39 is 16.0 Å². The summed E-state index contributed by atoms with van der Waals surface area (Å²) in [5, 5.41) is 0. The summed E-state index contributed by atoms with van der Waals surface area (Å²) in [5.41, 5.74) is 0. The van der Waals surface area contributed by atoms with E-state index in [1.165, 1.54) is 30.1 Å². The van der Waals surface area contributed by atoms with E-state index in [-0.39, 0.29) is 0 Å². The fraction of sp³-hybridized carbons (Fsp3) is 1.00. The van der Waals surface area contributed by atoms with Crippen LogP contribution < -0.4 is 0 Å². The molecule has 0 nitrogen and oxygen atoms in total. The first-order valence-electron chi connectivity index (χ1n) is 4.71. The Hall–Kier alpha value is 2.22. The molecule has 5 heteroatoms. The Labute approximate surface area is 102 Å². The van der Waals surface area contributed by atoms with Crippen molar-refractivity contribution in [3.63, 3.8) is 0 Å². The Bertz CT molecular complexity index is 129. The zero-order chi connectivity index (χ0) is 9.52. The van der Waals surface area contributed by atoms with Crippen molar-refractivity contribution in [1.29, 1.82) is 0 Å². The van der Waals surface area contributed by atoms with Crippen LogP contribution >= 0.6 is 38.3 Å². The standard InChI is InChI=1S/C3H6S2.C3H8S.C2H6S.Sb/c4-3-1-2-5-3;1-2-3-4;1-2-3;/h3-4H,1-2H2;4H,2-3H2,1H3;3H,2H2,1H3;/q;;;+3/p-3. The van der Waals surface area contributed by atoms with Gasteiger partial charge in [-0.1, -0.05) is 0 Å². The van der Waals surface area contributed by atoms with Crippen LogP contribution in [0.4, 0.5) is 0 Å². The summed E-state index contributed by atoms with van der Waals surface area (Å²) >= 11 is 1.20. The molecule has 0 saturated carbocycles. The van der Waals surface area contributed by atoms with Gasteiger partial charge in [-0.3, -0.25) is 0 Å². The number of thioether (sulfide) groups is 1. The van der Waals surface area contributed by atoms with Crippen molar-refractivity contribution < 1.29 is 0 Å². The molecule has 1 aliphatic heterocycles. The monoisotopic (exact) mass is 362 g/mol. The number of hydrogen-bond acceptors (Lipinski definition) is 4. The first kappa shape index (κ1) is 13.3. The van der Waals surface area contributed by atoms with Gasteiger partial charge < -0.3 is 0 Å². The first-order valence-corrected chi connectivity index (χ1v) is 17.9. The van der Waals surface area contributed by atoms with E-state index >= 15 is 0 Å². The van der Waals surface area contributed by atoms with E-state index in [4.69, 9.17) is 0 Å². The van der Waals surface area contributed by atoms with E-state index in [0.29, 0.717) is 0 Å². The molecule has 0 aliphatic carbocycles. The Kier molecular flexibility index (Phi) is 8.56. The summed E-state index contributed by atoms with van der Waals surface area (Å²) in [6, 6.07) is 0. The third-order valence-corrected chi connectivity index (χ3v) is 29.4. The fourth-order valence-electron chi connectivity index (χ4n) is 0.763. The number of hydrogen-bond donors (Lipinski definition) is 0. The van der Waals surface area contributed by atoms with Gasteiger partial charge in [0.15, 0.2) is 0 Å². The van der Waals surface area contributed by atoms with Crippen LogP contribution in [-0.4, -0.2) is 37.8 Å². The third kappa shape index (κ3) is 5.75. The summed E-state index contributed by atoms with van der Waals surface area (Å²) < 4.78 is 0.992. The second-order valence-electron chi connectivity index (χ2n) is 2.67. The molecular weight excluding hydrogens is 346 g/mol. The van der Waals surface area contributed by atoms with Gasteiger partial charge in [-0.05, 0) is 0 Å². The number of rotatable bonds is 7. The van der Waals surface area contributed by atoms with Gasteiger partial charge in [-0.2, -0.15) is 0 Å². The van der Waals surface area contributed by atoms with Gasteiger partial charge in [-0.15, -0.1) is 0 Å². The molecule has 0 radical (unpaired) electrons. The van der Waals surface area contributed by atoms with Gasteiger partial charge in [0.1, 0.15) is 0 Å². The Morgan fingerprint density at radius 1 is 1.38 bits per heavy atom.